The molecule has 0 unspecified atom stereocenters. The van der Waals surface area contributed by atoms with Crippen LogP contribution in [0.2, 0.25) is 10.0 Å². The number of methoxy groups -OCH3 is 1. The average molecular weight is 300 g/mol. The van der Waals surface area contributed by atoms with Gasteiger partial charge in [-0.3, -0.25) is 4.79 Å². The number of aromatic nitrogens is 1. The van der Waals surface area contributed by atoms with E-state index in [2.05, 4.69) is 4.98 Å². The Morgan fingerprint density at radius 1 is 1.32 bits per heavy atom. The summed E-state index contributed by atoms with van der Waals surface area (Å²) in [5.74, 6) is -0.983. The molecule has 0 aliphatic rings. The van der Waals surface area contributed by atoms with E-state index < -0.39 is 11.6 Å². The number of ether oxygens (including phenoxy) is 1. The highest BCUT2D eigenvalue weighted by molar-refractivity contribution is 6.37. The number of rotatable bonds is 3. The van der Waals surface area contributed by atoms with Crippen LogP contribution in [0.5, 0.6) is 5.75 Å². The van der Waals surface area contributed by atoms with Gasteiger partial charge in [-0.15, -0.1) is 0 Å². The predicted molar refractivity (Wildman–Crippen MR) is 70.6 cm³/mol. The van der Waals surface area contributed by atoms with Crippen molar-refractivity contribution in [1.82, 2.24) is 4.98 Å². The fourth-order valence-corrected chi connectivity index (χ4v) is 1.98. The standard InChI is InChI=1S/C13H8Cl2FNO2/c1-19-8-2-3-9(11(16)5-8)13(18)12-10(15)4-7(14)6-17-12/h2-6H,1H3. The quantitative estimate of drug-likeness (QED) is 0.810. The van der Waals surface area contributed by atoms with Crippen LogP contribution >= 0.6 is 23.2 Å². The van der Waals surface area contributed by atoms with Gasteiger partial charge < -0.3 is 4.74 Å². The van der Waals surface area contributed by atoms with Crippen LogP contribution in [0, 0.1) is 5.82 Å². The summed E-state index contributed by atoms with van der Waals surface area (Å²) in [6.45, 7) is 0. The zero-order valence-corrected chi connectivity index (χ0v) is 11.3. The molecular weight excluding hydrogens is 292 g/mol. The first-order chi connectivity index (χ1) is 9.02. The van der Waals surface area contributed by atoms with Gasteiger partial charge in [0.25, 0.3) is 0 Å². The normalized spacial score (nSPS) is 10.3. The highest BCUT2D eigenvalue weighted by atomic mass is 35.5. The van der Waals surface area contributed by atoms with E-state index in [4.69, 9.17) is 27.9 Å². The third-order valence-electron chi connectivity index (χ3n) is 2.44. The van der Waals surface area contributed by atoms with Gasteiger partial charge in [0.2, 0.25) is 5.78 Å². The van der Waals surface area contributed by atoms with Crippen molar-refractivity contribution >= 4 is 29.0 Å². The zero-order chi connectivity index (χ0) is 14.0. The van der Waals surface area contributed by atoms with E-state index in [9.17, 15) is 9.18 Å². The second-order valence-corrected chi connectivity index (χ2v) is 4.50. The van der Waals surface area contributed by atoms with Crippen molar-refractivity contribution in [2.75, 3.05) is 7.11 Å². The number of carbonyl (C=O) groups excluding carboxylic acids is 1. The first-order valence-corrected chi connectivity index (χ1v) is 5.98. The van der Waals surface area contributed by atoms with Crippen LogP contribution in [0.3, 0.4) is 0 Å². The van der Waals surface area contributed by atoms with E-state index in [0.717, 1.165) is 6.07 Å². The maximum Gasteiger partial charge on any atom is 0.215 e. The minimum atomic E-state index is -0.697. The molecule has 0 saturated heterocycles. The summed E-state index contributed by atoms with van der Waals surface area (Å²) in [6.07, 6.45) is 1.28. The van der Waals surface area contributed by atoms with Gasteiger partial charge in [-0.2, -0.15) is 0 Å². The fraction of sp³-hybridized carbons (Fsp3) is 0.0769. The lowest BCUT2D eigenvalue weighted by Gasteiger charge is -2.06. The molecule has 0 fully saturated rings. The Balaban J connectivity index is 2.44. The Labute approximate surface area is 118 Å². The van der Waals surface area contributed by atoms with E-state index in [1.165, 1.54) is 31.5 Å². The van der Waals surface area contributed by atoms with Crippen LogP contribution in [0.1, 0.15) is 16.1 Å². The maximum atomic E-state index is 13.8. The number of benzene rings is 1. The molecule has 0 spiro atoms. The Hall–Kier alpha value is -1.65. The minimum absolute atomic E-state index is 0.0462. The molecule has 3 nitrogen and oxygen atoms in total. The monoisotopic (exact) mass is 299 g/mol. The number of hydrogen-bond donors (Lipinski definition) is 0. The Morgan fingerprint density at radius 2 is 2.05 bits per heavy atom. The molecule has 0 radical (unpaired) electrons. The van der Waals surface area contributed by atoms with Gasteiger partial charge >= 0.3 is 0 Å². The molecule has 2 rings (SSSR count). The molecule has 0 amide bonds. The molecule has 6 heteroatoms. The van der Waals surface area contributed by atoms with E-state index in [1.807, 2.05) is 0 Å². The van der Waals surface area contributed by atoms with Crippen molar-refractivity contribution in [3.63, 3.8) is 0 Å². The van der Waals surface area contributed by atoms with Gasteiger partial charge in [-0.25, -0.2) is 9.37 Å². The van der Waals surface area contributed by atoms with E-state index >= 15 is 0 Å². The molecule has 0 aliphatic heterocycles. The number of hydrogen-bond acceptors (Lipinski definition) is 3. The van der Waals surface area contributed by atoms with Gasteiger partial charge in [0, 0.05) is 12.3 Å². The maximum absolute atomic E-state index is 13.8. The van der Waals surface area contributed by atoms with Gasteiger partial charge in [0.15, 0.2) is 0 Å². The van der Waals surface area contributed by atoms with Crippen molar-refractivity contribution in [2.24, 2.45) is 0 Å². The smallest absolute Gasteiger partial charge is 0.215 e. The molecule has 0 atom stereocenters. The summed E-state index contributed by atoms with van der Waals surface area (Å²) >= 11 is 11.6. The van der Waals surface area contributed by atoms with Gasteiger partial charge in [0.05, 0.1) is 22.7 Å². The first kappa shape index (κ1) is 13.8. The molecule has 98 valence electrons. The second-order valence-electron chi connectivity index (χ2n) is 3.66. The first-order valence-electron chi connectivity index (χ1n) is 5.22. The van der Waals surface area contributed by atoms with Gasteiger partial charge in [0.1, 0.15) is 17.3 Å². The lowest BCUT2D eigenvalue weighted by Crippen LogP contribution is -2.07. The van der Waals surface area contributed by atoms with Crippen LogP contribution in [-0.4, -0.2) is 17.9 Å². The fourth-order valence-electron chi connectivity index (χ4n) is 1.52. The van der Waals surface area contributed by atoms with Crippen LogP contribution in [-0.2, 0) is 0 Å². The molecule has 0 aliphatic carbocycles. The summed E-state index contributed by atoms with van der Waals surface area (Å²) in [5.41, 5.74) is -0.173. The molecular formula is C13H8Cl2FNO2. The lowest BCUT2D eigenvalue weighted by atomic mass is 10.1. The summed E-state index contributed by atoms with van der Waals surface area (Å²) in [6, 6.07) is 5.31. The van der Waals surface area contributed by atoms with Crippen LogP contribution in [0.25, 0.3) is 0 Å². The lowest BCUT2D eigenvalue weighted by molar-refractivity contribution is 0.103. The number of pyridine rings is 1. The highest BCUT2D eigenvalue weighted by Gasteiger charge is 2.19. The van der Waals surface area contributed by atoms with E-state index in [0.29, 0.717) is 10.8 Å². The molecule has 1 aromatic heterocycles. The van der Waals surface area contributed by atoms with Crippen LogP contribution in [0.15, 0.2) is 30.5 Å². The zero-order valence-electron chi connectivity index (χ0n) is 9.78. The Kier molecular flexibility index (Phi) is 4.02. The average Bonchev–Trinajstić information content (AvgIpc) is 2.37. The third kappa shape index (κ3) is 2.85. The summed E-state index contributed by atoms with van der Waals surface area (Å²) in [7, 11) is 1.41. The van der Waals surface area contributed by atoms with Crippen molar-refractivity contribution in [3.8, 4) is 5.75 Å². The Morgan fingerprint density at radius 3 is 2.63 bits per heavy atom. The Bertz CT molecular complexity index is 647. The number of ketones is 1. The molecule has 2 aromatic rings. The summed E-state index contributed by atoms with van der Waals surface area (Å²) < 4.78 is 18.7. The van der Waals surface area contributed by atoms with Gasteiger partial charge in [-0.05, 0) is 18.2 Å². The van der Waals surface area contributed by atoms with Crippen molar-refractivity contribution in [3.05, 3.63) is 57.6 Å². The predicted octanol–water partition coefficient (Wildman–Crippen LogP) is 3.77. The molecule has 0 saturated carbocycles. The van der Waals surface area contributed by atoms with Crippen LogP contribution < -0.4 is 4.74 Å². The number of halogens is 3. The molecule has 1 heterocycles. The van der Waals surface area contributed by atoms with E-state index in [1.54, 1.807) is 0 Å². The van der Waals surface area contributed by atoms with Crippen LogP contribution in [0.4, 0.5) is 4.39 Å². The topological polar surface area (TPSA) is 39.2 Å². The summed E-state index contributed by atoms with van der Waals surface area (Å²) in [4.78, 5) is 16.0. The molecule has 1 aromatic carbocycles. The summed E-state index contributed by atoms with van der Waals surface area (Å²) in [5, 5.41) is 0.379. The third-order valence-corrected chi connectivity index (χ3v) is 2.94. The van der Waals surface area contributed by atoms with Crippen molar-refractivity contribution in [2.45, 2.75) is 0 Å². The molecule has 19 heavy (non-hydrogen) atoms. The second kappa shape index (κ2) is 5.55. The largest absolute Gasteiger partial charge is 0.497 e. The number of nitrogens with zero attached hydrogens (tertiary/aromatic N) is 1. The minimum Gasteiger partial charge on any atom is -0.497 e. The van der Waals surface area contributed by atoms with Gasteiger partial charge in [-0.1, -0.05) is 23.2 Å². The van der Waals surface area contributed by atoms with E-state index in [-0.39, 0.29) is 16.3 Å². The highest BCUT2D eigenvalue weighted by Crippen LogP contribution is 2.23. The molecule has 0 bridgehead atoms. The SMILES string of the molecule is COc1ccc(C(=O)c2ncc(Cl)cc2Cl)c(F)c1. The van der Waals surface area contributed by atoms with Crippen molar-refractivity contribution < 1.29 is 13.9 Å². The van der Waals surface area contributed by atoms with Crippen molar-refractivity contribution in [1.29, 1.82) is 0 Å². The number of carbonyl (C=O) groups is 1. The molecule has 0 N–H and O–H groups in total.